The zero-order chi connectivity index (χ0) is 12.4. The van der Waals surface area contributed by atoms with Gasteiger partial charge in [-0.3, -0.25) is 4.79 Å². The van der Waals surface area contributed by atoms with Crippen molar-refractivity contribution in [1.82, 2.24) is 0 Å². The number of thiol groups is 1. The second-order valence-electron chi connectivity index (χ2n) is 4.03. The van der Waals surface area contributed by atoms with Gasteiger partial charge in [0.15, 0.2) is 0 Å². The number of nitrogens with zero attached hydrogens (tertiary/aromatic N) is 2. The van der Waals surface area contributed by atoms with Gasteiger partial charge in [-0.1, -0.05) is 11.6 Å². The molecule has 5 heteroatoms. The summed E-state index contributed by atoms with van der Waals surface area (Å²) in [6.07, 6.45) is 0.529. The highest BCUT2D eigenvalue weighted by Crippen LogP contribution is 2.29. The average Bonchev–Trinajstić information content (AvgIpc) is 2.70. The van der Waals surface area contributed by atoms with Gasteiger partial charge in [0.05, 0.1) is 10.6 Å². The number of halogens is 1. The highest BCUT2D eigenvalue weighted by Gasteiger charge is 2.29. The van der Waals surface area contributed by atoms with Crippen molar-refractivity contribution in [3.05, 3.63) is 28.8 Å². The highest BCUT2D eigenvalue weighted by atomic mass is 35.5. The van der Waals surface area contributed by atoms with Crippen LogP contribution in [-0.4, -0.2) is 18.2 Å². The number of hydrogen-bond acceptors (Lipinski definition) is 3. The molecule has 88 valence electrons. The van der Waals surface area contributed by atoms with Crippen LogP contribution in [0.15, 0.2) is 18.2 Å². The molecule has 0 radical (unpaired) electrons. The third-order valence-electron chi connectivity index (χ3n) is 2.85. The fourth-order valence-corrected chi connectivity index (χ4v) is 2.38. The largest absolute Gasteiger partial charge is 0.312 e. The molecule has 1 fully saturated rings. The van der Waals surface area contributed by atoms with E-state index >= 15 is 0 Å². The van der Waals surface area contributed by atoms with Gasteiger partial charge >= 0.3 is 0 Å². The number of carbonyl (C=O) groups is 1. The molecule has 1 aliphatic rings. The minimum Gasteiger partial charge on any atom is -0.312 e. The summed E-state index contributed by atoms with van der Waals surface area (Å²) in [6.45, 7) is 0.671. The van der Waals surface area contributed by atoms with Crippen LogP contribution in [0.3, 0.4) is 0 Å². The molecule has 0 N–H and O–H groups in total. The number of benzene rings is 1. The van der Waals surface area contributed by atoms with E-state index in [0.29, 0.717) is 35.2 Å². The summed E-state index contributed by atoms with van der Waals surface area (Å²) in [5.74, 6) is 1.08. The molecule has 1 unspecified atom stereocenters. The first-order valence-corrected chi connectivity index (χ1v) is 6.27. The number of rotatable bonds is 2. The summed E-state index contributed by atoms with van der Waals surface area (Å²) >= 11 is 10.2. The molecule has 0 saturated carbocycles. The lowest BCUT2D eigenvalue weighted by Gasteiger charge is -2.16. The molecule has 1 aromatic rings. The predicted octanol–water partition coefficient (Wildman–Crippen LogP) is 2.49. The monoisotopic (exact) mass is 266 g/mol. The Labute approximate surface area is 110 Å². The molecule has 3 nitrogen and oxygen atoms in total. The van der Waals surface area contributed by atoms with Gasteiger partial charge in [-0.15, -0.1) is 0 Å². The van der Waals surface area contributed by atoms with Gasteiger partial charge in [0.2, 0.25) is 5.91 Å². The Morgan fingerprint density at radius 3 is 2.88 bits per heavy atom. The lowest BCUT2D eigenvalue weighted by molar-refractivity contribution is -0.117. The lowest BCUT2D eigenvalue weighted by Crippen LogP contribution is -2.24. The second-order valence-corrected chi connectivity index (χ2v) is 4.81. The summed E-state index contributed by atoms with van der Waals surface area (Å²) in [6, 6.07) is 7.05. The van der Waals surface area contributed by atoms with E-state index in [1.54, 1.807) is 23.1 Å². The molecule has 1 heterocycles. The Balaban J connectivity index is 2.27. The van der Waals surface area contributed by atoms with E-state index in [1.807, 2.05) is 6.07 Å². The van der Waals surface area contributed by atoms with Crippen molar-refractivity contribution in [2.24, 2.45) is 5.92 Å². The molecule has 1 aliphatic heterocycles. The molecule has 1 atom stereocenters. The topological polar surface area (TPSA) is 44.1 Å². The van der Waals surface area contributed by atoms with Gasteiger partial charge in [-0.25, -0.2) is 0 Å². The third-order valence-corrected chi connectivity index (χ3v) is 3.68. The minimum absolute atomic E-state index is 0.0878. The van der Waals surface area contributed by atoms with Crippen molar-refractivity contribution in [2.45, 2.75) is 6.42 Å². The SMILES string of the molecule is N#Cc1ccc(N2CC(CS)CC2=O)cc1Cl. The minimum atomic E-state index is 0.0878. The van der Waals surface area contributed by atoms with E-state index in [2.05, 4.69) is 12.6 Å². The number of hydrogen-bond donors (Lipinski definition) is 1. The maximum atomic E-state index is 11.8. The summed E-state index contributed by atoms with van der Waals surface area (Å²) in [5, 5.41) is 9.16. The van der Waals surface area contributed by atoms with Crippen LogP contribution in [0, 0.1) is 17.2 Å². The van der Waals surface area contributed by atoms with Crippen molar-refractivity contribution in [1.29, 1.82) is 5.26 Å². The molecule has 17 heavy (non-hydrogen) atoms. The van der Waals surface area contributed by atoms with E-state index in [9.17, 15) is 4.79 Å². The number of anilines is 1. The van der Waals surface area contributed by atoms with Gasteiger partial charge in [0, 0.05) is 18.7 Å². The first kappa shape index (κ1) is 12.3. The van der Waals surface area contributed by atoms with Crippen molar-refractivity contribution in [3.8, 4) is 6.07 Å². The van der Waals surface area contributed by atoms with E-state index in [1.165, 1.54) is 0 Å². The van der Waals surface area contributed by atoms with Crippen LogP contribution in [0.25, 0.3) is 0 Å². The standard InChI is InChI=1S/C12H11ClN2OS/c13-11-4-10(2-1-9(11)5-14)15-6-8(7-17)3-12(15)16/h1-2,4,8,17H,3,6-7H2. The fraction of sp³-hybridized carbons (Fsp3) is 0.333. The maximum Gasteiger partial charge on any atom is 0.227 e. The Bertz CT molecular complexity index is 498. The van der Waals surface area contributed by atoms with Gasteiger partial charge in [-0.05, 0) is 29.9 Å². The highest BCUT2D eigenvalue weighted by molar-refractivity contribution is 7.80. The van der Waals surface area contributed by atoms with Gasteiger partial charge in [0.25, 0.3) is 0 Å². The van der Waals surface area contributed by atoms with E-state index < -0.39 is 0 Å². The molecule has 0 aromatic heterocycles. The molecule has 1 saturated heterocycles. The summed E-state index contributed by atoms with van der Waals surface area (Å²) in [5.41, 5.74) is 1.18. The van der Waals surface area contributed by atoms with E-state index in [-0.39, 0.29) is 5.91 Å². The Morgan fingerprint density at radius 1 is 1.59 bits per heavy atom. The van der Waals surface area contributed by atoms with Crippen LogP contribution in [0.1, 0.15) is 12.0 Å². The number of nitriles is 1. The second kappa shape index (κ2) is 4.99. The molecule has 0 aliphatic carbocycles. The summed E-state index contributed by atoms with van der Waals surface area (Å²) < 4.78 is 0. The normalized spacial score (nSPS) is 19.5. The fourth-order valence-electron chi connectivity index (χ4n) is 1.92. The molecular formula is C12H11ClN2OS. The molecule has 1 amide bonds. The van der Waals surface area contributed by atoms with Crippen molar-refractivity contribution < 1.29 is 4.79 Å². The van der Waals surface area contributed by atoms with Gasteiger partial charge in [0.1, 0.15) is 6.07 Å². The molecule has 2 rings (SSSR count). The van der Waals surface area contributed by atoms with Crippen LogP contribution in [0.5, 0.6) is 0 Å². The van der Waals surface area contributed by atoms with Crippen molar-refractivity contribution in [3.63, 3.8) is 0 Å². The summed E-state index contributed by atoms with van der Waals surface area (Å²) in [4.78, 5) is 13.5. The molecule has 0 spiro atoms. The van der Waals surface area contributed by atoms with Gasteiger partial charge < -0.3 is 4.90 Å². The number of carbonyl (C=O) groups excluding carboxylic acids is 1. The van der Waals surface area contributed by atoms with Crippen LogP contribution in [-0.2, 0) is 4.79 Å². The van der Waals surface area contributed by atoms with Crippen LogP contribution in [0.2, 0.25) is 5.02 Å². The van der Waals surface area contributed by atoms with Crippen LogP contribution < -0.4 is 4.90 Å². The number of amides is 1. The maximum absolute atomic E-state index is 11.8. The molecule has 0 bridgehead atoms. The van der Waals surface area contributed by atoms with Crippen molar-refractivity contribution in [2.75, 3.05) is 17.2 Å². The molecular weight excluding hydrogens is 256 g/mol. The predicted molar refractivity (Wildman–Crippen MR) is 70.5 cm³/mol. The zero-order valence-electron chi connectivity index (χ0n) is 9.06. The average molecular weight is 267 g/mol. The smallest absolute Gasteiger partial charge is 0.227 e. The van der Waals surface area contributed by atoms with E-state index in [4.69, 9.17) is 16.9 Å². The third kappa shape index (κ3) is 2.41. The Kier molecular flexibility index (Phi) is 3.60. The zero-order valence-corrected chi connectivity index (χ0v) is 10.7. The Hall–Kier alpha value is -1.18. The van der Waals surface area contributed by atoms with E-state index in [0.717, 1.165) is 5.69 Å². The quantitative estimate of drug-likeness (QED) is 0.836. The summed E-state index contributed by atoms with van der Waals surface area (Å²) in [7, 11) is 0. The van der Waals surface area contributed by atoms with Gasteiger partial charge in [-0.2, -0.15) is 17.9 Å². The molecule has 1 aromatic carbocycles. The van der Waals surface area contributed by atoms with Crippen LogP contribution in [0.4, 0.5) is 5.69 Å². The lowest BCUT2D eigenvalue weighted by atomic mass is 10.1. The Morgan fingerprint density at radius 2 is 2.35 bits per heavy atom. The van der Waals surface area contributed by atoms with Crippen LogP contribution >= 0.6 is 24.2 Å². The first-order valence-electron chi connectivity index (χ1n) is 5.26. The first-order chi connectivity index (χ1) is 8.15. The van der Waals surface area contributed by atoms with Crippen molar-refractivity contribution >= 4 is 35.8 Å².